The summed E-state index contributed by atoms with van der Waals surface area (Å²) in [6, 6.07) is 13.3. The van der Waals surface area contributed by atoms with Crippen molar-refractivity contribution in [3.63, 3.8) is 0 Å². The fraction of sp³-hybridized carbons (Fsp3) is 0.280. The molecule has 1 atom stereocenters. The highest BCUT2D eigenvalue weighted by atomic mass is 35.5. The van der Waals surface area contributed by atoms with Crippen molar-refractivity contribution in [2.24, 2.45) is 0 Å². The highest BCUT2D eigenvalue weighted by molar-refractivity contribution is 7.17. The third-order valence-corrected chi connectivity index (χ3v) is 7.05. The van der Waals surface area contributed by atoms with E-state index in [0.717, 1.165) is 23.3 Å². The van der Waals surface area contributed by atoms with Crippen LogP contribution in [0.2, 0.25) is 5.15 Å². The van der Waals surface area contributed by atoms with Crippen LogP contribution in [0.25, 0.3) is 0 Å². The molecule has 0 aliphatic heterocycles. The molecule has 7 nitrogen and oxygen atoms in total. The second-order valence-corrected chi connectivity index (χ2v) is 9.21. The van der Waals surface area contributed by atoms with Crippen LogP contribution in [0.4, 0.5) is 5.00 Å². The van der Waals surface area contributed by atoms with Crippen LogP contribution in [0.3, 0.4) is 0 Å². The minimum absolute atomic E-state index is 0.00333. The Kier molecular flexibility index (Phi) is 7.59. The van der Waals surface area contributed by atoms with Crippen molar-refractivity contribution >= 4 is 45.8 Å². The number of fused-ring (bicyclic) bond motifs is 1. The SMILES string of the molecule is CCOC(=O)c1c(NC(=O)COC(=O)c2cccnc2Cl)sc2c1CCC(c1ccccc1)C2. The first-order chi connectivity index (χ1) is 16.5. The maximum atomic E-state index is 12.7. The first-order valence-electron chi connectivity index (χ1n) is 10.9. The molecule has 34 heavy (non-hydrogen) atoms. The van der Waals surface area contributed by atoms with Crippen LogP contribution in [0.1, 0.15) is 56.0 Å². The molecule has 0 bridgehead atoms. The Morgan fingerprint density at radius 2 is 1.91 bits per heavy atom. The predicted molar refractivity (Wildman–Crippen MR) is 130 cm³/mol. The zero-order valence-electron chi connectivity index (χ0n) is 18.5. The lowest BCUT2D eigenvalue weighted by Crippen LogP contribution is -2.22. The summed E-state index contributed by atoms with van der Waals surface area (Å²) in [4.78, 5) is 42.4. The summed E-state index contributed by atoms with van der Waals surface area (Å²) in [6.07, 6.45) is 3.84. The van der Waals surface area contributed by atoms with Gasteiger partial charge in [-0.2, -0.15) is 0 Å². The number of hydrogen-bond acceptors (Lipinski definition) is 7. The number of benzene rings is 1. The Morgan fingerprint density at radius 3 is 2.65 bits per heavy atom. The molecule has 0 radical (unpaired) electrons. The monoisotopic (exact) mass is 498 g/mol. The fourth-order valence-electron chi connectivity index (χ4n) is 4.01. The molecule has 0 saturated heterocycles. The molecule has 1 unspecified atom stereocenters. The molecular weight excluding hydrogens is 476 g/mol. The van der Waals surface area contributed by atoms with Crippen LogP contribution in [0.15, 0.2) is 48.7 Å². The molecule has 2 aromatic heterocycles. The minimum atomic E-state index is -0.755. The number of esters is 2. The Bertz CT molecular complexity index is 1210. The van der Waals surface area contributed by atoms with Crippen molar-refractivity contribution in [1.82, 2.24) is 4.98 Å². The summed E-state index contributed by atoms with van der Waals surface area (Å²) in [6.45, 7) is 1.44. The molecule has 1 aliphatic rings. The third kappa shape index (κ3) is 5.29. The lowest BCUT2D eigenvalue weighted by atomic mass is 9.83. The third-order valence-electron chi connectivity index (χ3n) is 5.58. The molecule has 0 fully saturated rings. The first kappa shape index (κ1) is 23.9. The predicted octanol–water partition coefficient (Wildman–Crippen LogP) is 5.04. The molecule has 3 aromatic rings. The number of hydrogen-bond donors (Lipinski definition) is 1. The number of aromatic nitrogens is 1. The number of anilines is 1. The minimum Gasteiger partial charge on any atom is -0.462 e. The van der Waals surface area contributed by atoms with E-state index < -0.39 is 24.5 Å². The van der Waals surface area contributed by atoms with E-state index in [0.29, 0.717) is 22.9 Å². The van der Waals surface area contributed by atoms with E-state index in [2.05, 4.69) is 22.4 Å². The molecule has 176 valence electrons. The highest BCUT2D eigenvalue weighted by Gasteiger charge is 2.31. The molecule has 1 aliphatic carbocycles. The molecule has 9 heteroatoms. The zero-order valence-corrected chi connectivity index (χ0v) is 20.1. The van der Waals surface area contributed by atoms with Crippen LogP contribution >= 0.6 is 22.9 Å². The van der Waals surface area contributed by atoms with Gasteiger partial charge in [-0.3, -0.25) is 4.79 Å². The molecule has 2 heterocycles. The molecule has 0 spiro atoms. The van der Waals surface area contributed by atoms with Gasteiger partial charge in [0.05, 0.1) is 17.7 Å². The largest absolute Gasteiger partial charge is 0.462 e. The van der Waals surface area contributed by atoms with Crippen LogP contribution < -0.4 is 5.32 Å². The summed E-state index contributed by atoms with van der Waals surface area (Å²) in [5.74, 6) is -1.43. The van der Waals surface area contributed by atoms with Crippen molar-refractivity contribution in [2.75, 3.05) is 18.5 Å². The maximum absolute atomic E-state index is 12.7. The number of carbonyl (C=O) groups is 3. The van der Waals surface area contributed by atoms with Gasteiger partial charge in [0.15, 0.2) is 6.61 Å². The summed E-state index contributed by atoms with van der Waals surface area (Å²) in [5, 5.41) is 3.15. The Labute approximate surface area is 206 Å². The van der Waals surface area contributed by atoms with Crippen molar-refractivity contribution in [2.45, 2.75) is 32.1 Å². The smallest absolute Gasteiger partial charge is 0.341 e. The Hall–Kier alpha value is -3.23. The van der Waals surface area contributed by atoms with Crippen LogP contribution in [-0.2, 0) is 27.1 Å². The molecule has 1 amide bonds. The quantitative estimate of drug-likeness (QED) is 0.362. The van der Waals surface area contributed by atoms with E-state index in [1.807, 2.05) is 18.2 Å². The van der Waals surface area contributed by atoms with Gasteiger partial charge < -0.3 is 14.8 Å². The van der Waals surface area contributed by atoms with Gasteiger partial charge in [0.2, 0.25) is 0 Å². The zero-order chi connectivity index (χ0) is 24.1. The van der Waals surface area contributed by atoms with Gasteiger partial charge in [0.1, 0.15) is 10.2 Å². The average Bonchev–Trinajstić information content (AvgIpc) is 3.20. The number of nitrogens with zero attached hydrogens (tertiary/aromatic N) is 1. The summed E-state index contributed by atoms with van der Waals surface area (Å²) < 4.78 is 10.3. The topological polar surface area (TPSA) is 94.6 Å². The second kappa shape index (κ2) is 10.8. The van der Waals surface area contributed by atoms with Gasteiger partial charge in [-0.15, -0.1) is 11.3 Å². The summed E-state index contributed by atoms with van der Waals surface area (Å²) >= 11 is 7.27. The standard InChI is InChI=1S/C25H23ClN2O5S/c1-2-32-25(31)21-17-11-10-16(15-7-4-3-5-8-15)13-19(17)34-23(21)28-20(29)14-33-24(30)18-9-6-12-27-22(18)26/h3-9,12,16H,2,10-11,13-14H2,1H3,(H,28,29). The molecule has 4 rings (SSSR count). The number of nitrogens with one attached hydrogen (secondary N) is 1. The van der Waals surface area contributed by atoms with Crippen molar-refractivity contribution in [3.8, 4) is 0 Å². The number of rotatable bonds is 7. The van der Waals surface area contributed by atoms with E-state index in [1.54, 1.807) is 13.0 Å². The average molecular weight is 499 g/mol. The highest BCUT2D eigenvalue weighted by Crippen LogP contribution is 2.42. The van der Waals surface area contributed by atoms with E-state index in [4.69, 9.17) is 21.1 Å². The number of amides is 1. The lowest BCUT2D eigenvalue weighted by Gasteiger charge is -2.23. The van der Waals surface area contributed by atoms with Crippen molar-refractivity contribution < 1.29 is 23.9 Å². The van der Waals surface area contributed by atoms with Crippen molar-refractivity contribution in [1.29, 1.82) is 0 Å². The van der Waals surface area contributed by atoms with Gasteiger partial charge >= 0.3 is 11.9 Å². The van der Waals surface area contributed by atoms with Gasteiger partial charge in [-0.25, -0.2) is 14.6 Å². The molecule has 1 N–H and O–H groups in total. The van der Waals surface area contributed by atoms with Crippen LogP contribution in [0.5, 0.6) is 0 Å². The van der Waals surface area contributed by atoms with E-state index in [9.17, 15) is 14.4 Å². The van der Waals surface area contributed by atoms with Gasteiger partial charge in [0.25, 0.3) is 5.91 Å². The van der Waals surface area contributed by atoms with Crippen molar-refractivity contribution in [3.05, 3.63) is 80.9 Å². The number of halogens is 1. The number of ether oxygens (including phenoxy) is 2. The summed E-state index contributed by atoms with van der Waals surface area (Å²) in [7, 11) is 0. The van der Waals surface area contributed by atoms with Crippen LogP contribution in [0, 0.1) is 0 Å². The Morgan fingerprint density at radius 1 is 1.12 bits per heavy atom. The second-order valence-electron chi connectivity index (χ2n) is 7.74. The summed E-state index contributed by atoms with van der Waals surface area (Å²) in [5.41, 5.74) is 2.64. The first-order valence-corrected chi connectivity index (χ1v) is 12.1. The van der Waals surface area contributed by atoms with E-state index >= 15 is 0 Å². The lowest BCUT2D eigenvalue weighted by molar-refractivity contribution is -0.119. The number of pyridine rings is 1. The van der Waals surface area contributed by atoms with Gasteiger partial charge in [-0.1, -0.05) is 41.9 Å². The van der Waals surface area contributed by atoms with Crippen LogP contribution in [-0.4, -0.2) is 36.0 Å². The number of thiophene rings is 1. The maximum Gasteiger partial charge on any atom is 0.341 e. The number of carbonyl (C=O) groups excluding carboxylic acids is 3. The van der Waals surface area contributed by atoms with E-state index in [-0.39, 0.29) is 17.3 Å². The molecule has 0 saturated carbocycles. The molecule has 1 aromatic carbocycles. The van der Waals surface area contributed by atoms with Gasteiger partial charge in [-0.05, 0) is 55.4 Å². The molecular formula is C25H23ClN2O5S. The van der Waals surface area contributed by atoms with Gasteiger partial charge in [0, 0.05) is 11.1 Å². The normalized spacial score (nSPS) is 14.7. The fourth-order valence-corrected chi connectivity index (χ4v) is 5.54. The Balaban J connectivity index is 1.50. The van der Waals surface area contributed by atoms with E-state index in [1.165, 1.54) is 29.2 Å².